The maximum atomic E-state index is 4.54. The third-order valence-electron chi connectivity index (χ3n) is 4.26. The number of fused-ring (bicyclic) bond motifs is 1. The maximum absolute atomic E-state index is 4.54. The van der Waals surface area contributed by atoms with Gasteiger partial charge in [-0.1, -0.05) is 60.7 Å². The lowest BCUT2D eigenvalue weighted by atomic mass is 10.2. The summed E-state index contributed by atoms with van der Waals surface area (Å²) in [5, 5.41) is 1.04. The molecule has 0 amide bonds. The van der Waals surface area contributed by atoms with E-state index in [-0.39, 0.29) is 0 Å². The van der Waals surface area contributed by atoms with Gasteiger partial charge in [-0.25, -0.2) is 15.0 Å². The molecular weight excluding hydrogens is 340 g/mol. The van der Waals surface area contributed by atoms with Gasteiger partial charge in [0.15, 0.2) is 0 Å². The summed E-state index contributed by atoms with van der Waals surface area (Å²) in [7, 11) is 0. The van der Waals surface area contributed by atoms with Gasteiger partial charge < -0.3 is 0 Å². The minimum atomic E-state index is 0.850. The molecule has 0 aliphatic carbocycles. The second-order valence-electron chi connectivity index (χ2n) is 5.92. The lowest BCUT2D eigenvalue weighted by Gasteiger charge is -2.01. The lowest BCUT2D eigenvalue weighted by Crippen LogP contribution is -1.95. The fourth-order valence-electron chi connectivity index (χ4n) is 2.99. The Morgan fingerprint density at radius 3 is 2.27 bits per heavy atom. The molecule has 4 nitrogen and oxygen atoms in total. The number of rotatable bonds is 3. The highest BCUT2D eigenvalue weighted by Crippen LogP contribution is 2.34. The van der Waals surface area contributed by atoms with Gasteiger partial charge in [0.2, 0.25) is 0 Å². The van der Waals surface area contributed by atoms with Crippen LogP contribution in [0.25, 0.3) is 37.7 Å². The Morgan fingerprint density at radius 2 is 1.50 bits per heavy atom. The van der Waals surface area contributed by atoms with Crippen molar-refractivity contribution in [3.05, 3.63) is 85.6 Å². The normalized spacial score (nSPS) is 11.1. The summed E-state index contributed by atoms with van der Waals surface area (Å²) in [5.74, 6) is 0.850. The zero-order valence-electron chi connectivity index (χ0n) is 13.8. The maximum Gasteiger partial charge on any atom is 0.150 e. The van der Waals surface area contributed by atoms with E-state index in [4.69, 9.17) is 0 Å². The molecule has 0 spiro atoms. The summed E-state index contributed by atoms with van der Waals surface area (Å²) in [4.78, 5) is 15.7. The molecule has 0 bridgehead atoms. The third kappa shape index (κ3) is 2.59. The zero-order valence-corrected chi connectivity index (χ0v) is 14.6. The molecule has 0 aliphatic rings. The van der Waals surface area contributed by atoms with Gasteiger partial charge in [-0.3, -0.25) is 4.57 Å². The number of benzene rings is 2. The first-order valence-corrected chi connectivity index (χ1v) is 9.10. The number of thiophene rings is 1. The molecule has 2 aromatic carbocycles. The van der Waals surface area contributed by atoms with Crippen molar-refractivity contribution < 1.29 is 0 Å². The largest absolute Gasteiger partial charge is 0.289 e. The van der Waals surface area contributed by atoms with Crippen LogP contribution in [0, 0.1) is 0 Å². The van der Waals surface area contributed by atoms with Gasteiger partial charge in [-0.2, -0.15) is 0 Å². The van der Waals surface area contributed by atoms with Crippen molar-refractivity contribution in [2.45, 2.75) is 0 Å². The Bertz CT molecular complexity index is 1180. The fraction of sp³-hybridized carbons (Fsp3) is 0. The van der Waals surface area contributed by atoms with Crippen LogP contribution in [0.15, 0.2) is 85.6 Å². The quantitative estimate of drug-likeness (QED) is 0.447. The van der Waals surface area contributed by atoms with Crippen molar-refractivity contribution in [2.24, 2.45) is 0 Å². The topological polar surface area (TPSA) is 43.6 Å². The second kappa shape index (κ2) is 6.20. The molecule has 26 heavy (non-hydrogen) atoms. The first-order valence-electron chi connectivity index (χ1n) is 8.28. The minimum absolute atomic E-state index is 0.850. The Balaban J connectivity index is 1.62. The summed E-state index contributed by atoms with van der Waals surface area (Å²) in [5.41, 5.74) is 3.21. The number of hydrogen-bond acceptors (Lipinski definition) is 4. The highest BCUT2D eigenvalue weighted by Gasteiger charge is 2.12. The molecule has 3 aromatic heterocycles. The van der Waals surface area contributed by atoms with Crippen molar-refractivity contribution in [2.75, 3.05) is 0 Å². The molecule has 0 atom stereocenters. The number of aromatic nitrogens is 4. The molecule has 0 aliphatic heterocycles. The van der Waals surface area contributed by atoms with Crippen LogP contribution in [0.5, 0.6) is 0 Å². The highest BCUT2D eigenvalue weighted by atomic mass is 32.1. The first-order chi connectivity index (χ1) is 12.9. The van der Waals surface area contributed by atoms with Gasteiger partial charge in [-0.05, 0) is 11.6 Å². The fourth-order valence-corrected chi connectivity index (χ4v) is 3.99. The second-order valence-corrected chi connectivity index (χ2v) is 6.96. The molecule has 5 aromatic rings. The average Bonchev–Trinajstić information content (AvgIpc) is 3.36. The average molecular weight is 354 g/mol. The van der Waals surface area contributed by atoms with Gasteiger partial charge >= 0.3 is 0 Å². The SMILES string of the molecule is c1ccc(-c2cn(-c3ncnc4sc(-c5ccccc5)cc34)cn2)cc1. The Morgan fingerprint density at radius 1 is 0.769 bits per heavy atom. The summed E-state index contributed by atoms with van der Waals surface area (Å²) in [6, 6.07) is 22.7. The summed E-state index contributed by atoms with van der Waals surface area (Å²) < 4.78 is 1.97. The standard InChI is InChI=1S/C21H14N4S/c1-3-7-15(8-4-1)18-12-25(14-24-18)20-17-11-19(16-9-5-2-6-10-16)26-21(17)23-13-22-20/h1-14H. The molecule has 5 rings (SSSR count). The summed E-state index contributed by atoms with van der Waals surface area (Å²) in [6.45, 7) is 0. The van der Waals surface area contributed by atoms with Crippen molar-refractivity contribution in [3.63, 3.8) is 0 Å². The molecule has 0 saturated carbocycles. The Labute approximate surface area is 154 Å². The van der Waals surface area contributed by atoms with Crippen LogP contribution in [-0.4, -0.2) is 19.5 Å². The molecule has 0 unspecified atom stereocenters. The number of imidazole rings is 1. The van der Waals surface area contributed by atoms with Crippen LogP contribution < -0.4 is 0 Å². The van der Waals surface area contributed by atoms with E-state index in [1.54, 1.807) is 17.7 Å². The van der Waals surface area contributed by atoms with Crippen LogP contribution in [0.1, 0.15) is 0 Å². The first kappa shape index (κ1) is 15.0. The summed E-state index contributed by atoms with van der Waals surface area (Å²) in [6.07, 6.45) is 5.44. The molecule has 0 radical (unpaired) electrons. The zero-order chi connectivity index (χ0) is 17.3. The molecule has 0 saturated heterocycles. The van der Waals surface area contributed by atoms with Crippen LogP contribution in [0.2, 0.25) is 0 Å². The van der Waals surface area contributed by atoms with E-state index in [0.717, 1.165) is 27.3 Å². The highest BCUT2D eigenvalue weighted by molar-refractivity contribution is 7.21. The van der Waals surface area contributed by atoms with Gasteiger partial charge in [0.05, 0.1) is 11.1 Å². The van der Waals surface area contributed by atoms with E-state index in [2.05, 4.69) is 45.3 Å². The van der Waals surface area contributed by atoms with Crippen molar-refractivity contribution >= 4 is 21.6 Å². The molecule has 0 N–H and O–H groups in total. The number of nitrogens with zero attached hydrogens (tertiary/aromatic N) is 4. The molecule has 0 fully saturated rings. The van der Waals surface area contributed by atoms with E-state index in [0.29, 0.717) is 0 Å². The predicted octanol–water partition coefficient (Wildman–Crippen LogP) is 5.21. The van der Waals surface area contributed by atoms with E-state index >= 15 is 0 Å². The molecular formula is C21H14N4S. The Hall–Kier alpha value is -3.31. The molecule has 5 heteroatoms. The Kier molecular flexibility index (Phi) is 3.57. The number of hydrogen-bond donors (Lipinski definition) is 0. The molecule has 124 valence electrons. The van der Waals surface area contributed by atoms with Crippen molar-refractivity contribution in [1.82, 2.24) is 19.5 Å². The van der Waals surface area contributed by atoms with Gasteiger partial charge in [0.1, 0.15) is 23.3 Å². The van der Waals surface area contributed by atoms with E-state index < -0.39 is 0 Å². The van der Waals surface area contributed by atoms with E-state index in [1.807, 2.05) is 53.5 Å². The van der Waals surface area contributed by atoms with Crippen molar-refractivity contribution in [1.29, 1.82) is 0 Å². The van der Waals surface area contributed by atoms with Crippen LogP contribution in [0.3, 0.4) is 0 Å². The minimum Gasteiger partial charge on any atom is -0.289 e. The molecule has 3 heterocycles. The smallest absolute Gasteiger partial charge is 0.150 e. The van der Waals surface area contributed by atoms with Gasteiger partial charge in [-0.15, -0.1) is 11.3 Å². The van der Waals surface area contributed by atoms with Gasteiger partial charge in [0.25, 0.3) is 0 Å². The van der Waals surface area contributed by atoms with E-state index in [9.17, 15) is 0 Å². The van der Waals surface area contributed by atoms with Crippen LogP contribution >= 0.6 is 11.3 Å². The third-order valence-corrected chi connectivity index (χ3v) is 5.36. The van der Waals surface area contributed by atoms with Crippen LogP contribution in [0.4, 0.5) is 0 Å². The van der Waals surface area contributed by atoms with Crippen molar-refractivity contribution in [3.8, 4) is 27.5 Å². The van der Waals surface area contributed by atoms with Crippen LogP contribution in [-0.2, 0) is 0 Å². The predicted molar refractivity (Wildman–Crippen MR) is 105 cm³/mol. The van der Waals surface area contributed by atoms with E-state index in [1.165, 1.54) is 10.4 Å². The monoisotopic (exact) mass is 354 g/mol. The lowest BCUT2D eigenvalue weighted by molar-refractivity contribution is 0.995. The summed E-state index contributed by atoms with van der Waals surface area (Å²) >= 11 is 1.68. The van der Waals surface area contributed by atoms with Gasteiger partial charge in [0, 0.05) is 16.6 Å².